The Labute approximate surface area is 209 Å². The second kappa shape index (κ2) is 10.1. The van der Waals surface area contributed by atoms with Gasteiger partial charge in [-0.2, -0.15) is 5.10 Å². The molecule has 11 nitrogen and oxygen atoms in total. The number of nitrogens with one attached hydrogen (secondary N) is 1. The predicted molar refractivity (Wildman–Crippen MR) is 136 cm³/mol. The number of likely N-dealkylation sites (N-methyl/N-ethyl adjacent to an activating group) is 1. The van der Waals surface area contributed by atoms with Gasteiger partial charge in [-0.25, -0.2) is 14.6 Å². The number of aromatic nitrogens is 4. The van der Waals surface area contributed by atoms with Gasteiger partial charge in [0.2, 0.25) is 11.8 Å². The first kappa shape index (κ1) is 24.8. The van der Waals surface area contributed by atoms with Crippen LogP contribution in [-0.4, -0.2) is 74.5 Å². The molecule has 0 aliphatic carbocycles. The number of benzene rings is 1. The number of amides is 3. The first-order valence-electron chi connectivity index (χ1n) is 11.7. The van der Waals surface area contributed by atoms with Crippen molar-refractivity contribution in [2.24, 2.45) is 0 Å². The summed E-state index contributed by atoms with van der Waals surface area (Å²) < 4.78 is 1.67. The predicted octanol–water partition coefficient (Wildman–Crippen LogP) is 1.95. The van der Waals surface area contributed by atoms with Gasteiger partial charge < -0.3 is 20.9 Å². The van der Waals surface area contributed by atoms with Gasteiger partial charge in [0, 0.05) is 32.9 Å². The topological polar surface area (TPSA) is 139 Å². The fraction of sp³-hybridized carbons (Fsp3) is 0.360. The number of piperidine rings is 1. The van der Waals surface area contributed by atoms with Crippen LogP contribution < -0.4 is 11.1 Å². The Morgan fingerprint density at radius 3 is 2.75 bits per heavy atom. The van der Waals surface area contributed by atoms with E-state index in [2.05, 4.69) is 27.0 Å². The van der Waals surface area contributed by atoms with Crippen LogP contribution in [0.15, 0.2) is 37.2 Å². The number of anilines is 2. The zero-order valence-electron chi connectivity index (χ0n) is 20.7. The fourth-order valence-corrected chi connectivity index (χ4v) is 4.38. The molecule has 36 heavy (non-hydrogen) atoms. The minimum absolute atomic E-state index is 0.00487. The van der Waals surface area contributed by atoms with E-state index < -0.39 is 5.91 Å². The third kappa shape index (κ3) is 4.90. The van der Waals surface area contributed by atoms with Crippen LogP contribution in [0.1, 0.15) is 40.5 Å². The molecular formula is C25H30N8O3. The summed E-state index contributed by atoms with van der Waals surface area (Å²) in [5.41, 5.74) is 8.97. The number of nitrogens with two attached hydrogens (primary N) is 1. The van der Waals surface area contributed by atoms with Crippen molar-refractivity contribution in [3.8, 4) is 0 Å². The molecule has 1 aromatic carbocycles. The van der Waals surface area contributed by atoms with Crippen molar-refractivity contribution in [3.05, 3.63) is 54.0 Å². The molecule has 0 saturated carbocycles. The number of nitrogen functional groups attached to an aromatic ring is 1. The summed E-state index contributed by atoms with van der Waals surface area (Å²) >= 11 is 0. The van der Waals surface area contributed by atoms with Gasteiger partial charge in [-0.3, -0.25) is 14.4 Å². The lowest BCUT2D eigenvalue weighted by Crippen LogP contribution is -2.40. The lowest BCUT2D eigenvalue weighted by Gasteiger charge is -2.32. The summed E-state index contributed by atoms with van der Waals surface area (Å²) in [4.78, 5) is 49.2. The molecule has 3 heterocycles. The van der Waals surface area contributed by atoms with E-state index in [4.69, 9.17) is 5.73 Å². The van der Waals surface area contributed by atoms with Gasteiger partial charge in [-0.15, -0.1) is 0 Å². The molecule has 3 aromatic rings. The van der Waals surface area contributed by atoms with Crippen molar-refractivity contribution in [1.82, 2.24) is 29.5 Å². The highest BCUT2D eigenvalue weighted by Gasteiger charge is 2.29. The van der Waals surface area contributed by atoms with E-state index >= 15 is 0 Å². The Balaban J connectivity index is 1.63. The van der Waals surface area contributed by atoms with Crippen LogP contribution in [-0.2, 0) is 16.0 Å². The number of hydrogen-bond acceptors (Lipinski definition) is 7. The zero-order chi connectivity index (χ0) is 26.0. The summed E-state index contributed by atoms with van der Waals surface area (Å²) in [7, 11) is 3.43. The van der Waals surface area contributed by atoms with Crippen LogP contribution in [0.3, 0.4) is 0 Å². The average Bonchev–Trinajstić information content (AvgIpc) is 3.26. The smallest absolute Gasteiger partial charge is 0.277 e. The van der Waals surface area contributed by atoms with Gasteiger partial charge in [-0.1, -0.05) is 18.7 Å². The largest absolute Gasteiger partial charge is 0.383 e. The molecule has 188 valence electrons. The minimum Gasteiger partial charge on any atom is -0.383 e. The summed E-state index contributed by atoms with van der Waals surface area (Å²) in [6.45, 7) is 6.50. The number of likely N-dealkylation sites (tertiary alicyclic amines) is 1. The Morgan fingerprint density at radius 2 is 2.06 bits per heavy atom. The third-order valence-electron chi connectivity index (χ3n) is 6.36. The van der Waals surface area contributed by atoms with Crippen molar-refractivity contribution in [3.63, 3.8) is 0 Å². The summed E-state index contributed by atoms with van der Waals surface area (Å²) in [5.74, 6) is -0.444. The lowest BCUT2D eigenvalue weighted by molar-refractivity contribution is -0.128. The first-order valence-corrected chi connectivity index (χ1v) is 11.7. The molecule has 1 aliphatic heterocycles. The monoisotopic (exact) mass is 490 g/mol. The summed E-state index contributed by atoms with van der Waals surface area (Å²) in [6.07, 6.45) is 4.47. The third-order valence-corrected chi connectivity index (χ3v) is 6.36. The standard InChI is InChI=1S/C25H30N8O3/c1-5-19(34)32-10-6-7-17(13-32)33-24-21(23(26)27-14-28-24)22(30-33)25(36)29-18-9-8-16(11-15(18)2)12-20(35)31(3)4/h5,8-9,11,14,17H,1,6-7,10,12-13H2,2-4H3,(H,29,36)(H2,26,27,28). The molecule has 1 aliphatic rings. The molecule has 1 saturated heterocycles. The van der Waals surface area contributed by atoms with Gasteiger partial charge in [0.15, 0.2) is 11.3 Å². The van der Waals surface area contributed by atoms with E-state index in [9.17, 15) is 14.4 Å². The van der Waals surface area contributed by atoms with E-state index in [1.807, 2.05) is 19.1 Å². The normalized spacial score (nSPS) is 15.5. The zero-order valence-corrected chi connectivity index (χ0v) is 20.7. The van der Waals surface area contributed by atoms with Crippen LogP contribution in [0.5, 0.6) is 0 Å². The van der Waals surface area contributed by atoms with Crippen LogP contribution >= 0.6 is 0 Å². The lowest BCUT2D eigenvalue weighted by atomic mass is 10.1. The maximum absolute atomic E-state index is 13.4. The van der Waals surface area contributed by atoms with Crippen LogP contribution in [0.4, 0.5) is 11.5 Å². The van der Waals surface area contributed by atoms with Gasteiger partial charge in [0.1, 0.15) is 12.1 Å². The Kier molecular flexibility index (Phi) is 7.00. The SMILES string of the molecule is C=CC(=O)N1CCCC(n2nc(C(=O)Nc3ccc(CC(=O)N(C)C)cc3C)c3c(N)ncnc32)C1. The fourth-order valence-electron chi connectivity index (χ4n) is 4.38. The second-order valence-corrected chi connectivity index (χ2v) is 9.10. The van der Waals surface area contributed by atoms with Crippen LogP contribution in [0.25, 0.3) is 11.0 Å². The second-order valence-electron chi connectivity index (χ2n) is 9.10. The molecule has 4 rings (SSSR count). The van der Waals surface area contributed by atoms with E-state index in [0.717, 1.165) is 24.0 Å². The molecule has 0 radical (unpaired) electrons. The van der Waals surface area contributed by atoms with Gasteiger partial charge in [-0.05, 0) is 43.0 Å². The number of carbonyl (C=O) groups is 3. The van der Waals surface area contributed by atoms with E-state index in [0.29, 0.717) is 29.8 Å². The Hall–Kier alpha value is -4.28. The molecule has 3 N–H and O–H groups in total. The van der Waals surface area contributed by atoms with E-state index in [1.165, 1.54) is 17.3 Å². The average molecular weight is 491 g/mol. The number of carbonyl (C=O) groups excluding carboxylic acids is 3. The minimum atomic E-state index is -0.449. The number of rotatable bonds is 6. The summed E-state index contributed by atoms with van der Waals surface area (Å²) in [5, 5.41) is 7.87. The van der Waals surface area contributed by atoms with Crippen LogP contribution in [0.2, 0.25) is 0 Å². The van der Waals surface area contributed by atoms with Crippen molar-refractivity contribution in [2.75, 3.05) is 38.2 Å². The summed E-state index contributed by atoms with van der Waals surface area (Å²) in [6, 6.07) is 5.28. The molecule has 1 fully saturated rings. The molecule has 11 heteroatoms. The number of hydrogen-bond donors (Lipinski definition) is 2. The highest BCUT2D eigenvalue weighted by atomic mass is 16.2. The van der Waals surface area contributed by atoms with Crippen molar-refractivity contribution < 1.29 is 14.4 Å². The van der Waals surface area contributed by atoms with E-state index in [-0.39, 0.29) is 35.8 Å². The maximum atomic E-state index is 13.4. The molecular weight excluding hydrogens is 460 g/mol. The highest BCUT2D eigenvalue weighted by Crippen LogP contribution is 2.29. The van der Waals surface area contributed by atoms with Crippen molar-refractivity contribution >= 4 is 40.3 Å². The molecule has 3 amide bonds. The van der Waals surface area contributed by atoms with Crippen molar-refractivity contribution in [1.29, 1.82) is 0 Å². The Morgan fingerprint density at radius 1 is 1.28 bits per heavy atom. The van der Waals surface area contributed by atoms with Gasteiger partial charge in [0.05, 0.1) is 17.8 Å². The Bertz CT molecular complexity index is 1350. The van der Waals surface area contributed by atoms with E-state index in [1.54, 1.807) is 29.7 Å². The maximum Gasteiger partial charge on any atom is 0.277 e. The van der Waals surface area contributed by atoms with Crippen LogP contribution in [0, 0.1) is 6.92 Å². The molecule has 0 bridgehead atoms. The van der Waals surface area contributed by atoms with Gasteiger partial charge in [0.25, 0.3) is 5.91 Å². The molecule has 1 unspecified atom stereocenters. The molecule has 1 atom stereocenters. The number of nitrogens with zero attached hydrogens (tertiary/aromatic N) is 6. The quantitative estimate of drug-likeness (QED) is 0.503. The number of aryl methyl sites for hydroxylation is 1. The van der Waals surface area contributed by atoms with Crippen molar-refractivity contribution in [2.45, 2.75) is 32.2 Å². The van der Waals surface area contributed by atoms with Gasteiger partial charge >= 0.3 is 0 Å². The highest BCUT2D eigenvalue weighted by molar-refractivity contribution is 6.13. The molecule has 2 aromatic heterocycles. The molecule has 0 spiro atoms. The first-order chi connectivity index (χ1) is 17.2. The number of fused-ring (bicyclic) bond motifs is 1.